The Morgan fingerprint density at radius 2 is 1.58 bits per heavy atom. The molecule has 0 saturated carbocycles. The van der Waals surface area contributed by atoms with E-state index in [9.17, 15) is 9.59 Å². The van der Waals surface area contributed by atoms with Crippen molar-refractivity contribution >= 4 is 23.6 Å². The molecule has 26 heavy (non-hydrogen) atoms. The molecule has 0 aliphatic heterocycles. The number of esters is 2. The number of benzene rings is 2. The summed E-state index contributed by atoms with van der Waals surface area (Å²) in [6.45, 7) is 6.73. The van der Waals surface area contributed by atoms with E-state index >= 15 is 0 Å². The van der Waals surface area contributed by atoms with Crippen LogP contribution in [-0.4, -0.2) is 24.6 Å². The molecule has 0 heterocycles. The standard InChI is InChI=1S/C22H22O4/c1-16(2)21(23)25-15-17(3)26-22(24)20(19-12-8-5-9-13-19)14-18-10-6-4-7-11-18/h4-14,17H,1,15H2,2-3H3/b20-14-. The predicted octanol–water partition coefficient (Wildman–Crippen LogP) is 4.28. The fourth-order valence-corrected chi connectivity index (χ4v) is 2.19. The number of carbonyl (C=O) groups is 2. The molecule has 0 spiro atoms. The Hall–Kier alpha value is -3.14. The number of hydrogen-bond donors (Lipinski definition) is 0. The largest absolute Gasteiger partial charge is 0.458 e. The molecule has 0 aliphatic carbocycles. The van der Waals surface area contributed by atoms with Gasteiger partial charge in [-0.1, -0.05) is 67.2 Å². The average Bonchev–Trinajstić information content (AvgIpc) is 2.65. The Morgan fingerprint density at radius 1 is 1.00 bits per heavy atom. The highest BCUT2D eigenvalue weighted by molar-refractivity contribution is 6.21. The third-order valence-corrected chi connectivity index (χ3v) is 3.52. The van der Waals surface area contributed by atoms with Gasteiger partial charge in [0.05, 0.1) is 5.57 Å². The van der Waals surface area contributed by atoms with Gasteiger partial charge in [0.1, 0.15) is 12.7 Å². The van der Waals surface area contributed by atoms with E-state index in [-0.39, 0.29) is 6.61 Å². The molecule has 0 N–H and O–H groups in total. The van der Waals surface area contributed by atoms with E-state index in [0.717, 1.165) is 11.1 Å². The Bertz CT molecular complexity index is 791. The van der Waals surface area contributed by atoms with E-state index in [0.29, 0.717) is 11.1 Å². The van der Waals surface area contributed by atoms with Gasteiger partial charge in [0.15, 0.2) is 0 Å². The molecule has 0 aromatic heterocycles. The molecule has 2 aromatic carbocycles. The van der Waals surface area contributed by atoms with Crippen molar-refractivity contribution in [3.8, 4) is 0 Å². The van der Waals surface area contributed by atoms with Gasteiger partial charge in [-0.2, -0.15) is 0 Å². The van der Waals surface area contributed by atoms with E-state index in [1.54, 1.807) is 19.9 Å². The summed E-state index contributed by atoms with van der Waals surface area (Å²) >= 11 is 0. The highest BCUT2D eigenvalue weighted by Gasteiger charge is 2.18. The summed E-state index contributed by atoms with van der Waals surface area (Å²) < 4.78 is 10.5. The first kappa shape index (κ1) is 19.2. The number of hydrogen-bond acceptors (Lipinski definition) is 4. The molecular formula is C22H22O4. The lowest BCUT2D eigenvalue weighted by molar-refractivity contribution is -0.151. The Labute approximate surface area is 153 Å². The third-order valence-electron chi connectivity index (χ3n) is 3.52. The third kappa shape index (κ3) is 5.74. The second kappa shape index (κ2) is 9.37. The van der Waals surface area contributed by atoms with Crippen molar-refractivity contribution < 1.29 is 19.1 Å². The zero-order valence-corrected chi connectivity index (χ0v) is 15.0. The van der Waals surface area contributed by atoms with Crippen LogP contribution in [0.2, 0.25) is 0 Å². The van der Waals surface area contributed by atoms with Gasteiger partial charge in [-0.15, -0.1) is 0 Å². The van der Waals surface area contributed by atoms with Gasteiger partial charge in [0.2, 0.25) is 0 Å². The Kier molecular flexibility index (Phi) is 6.92. The van der Waals surface area contributed by atoms with Gasteiger partial charge >= 0.3 is 11.9 Å². The maximum atomic E-state index is 12.7. The molecule has 4 heteroatoms. The van der Waals surface area contributed by atoms with E-state index in [1.165, 1.54) is 0 Å². The number of ether oxygens (including phenoxy) is 2. The molecule has 0 radical (unpaired) electrons. The molecule has 0 aliphatic rings. The Balaban J connectivity index is 2.15. The van der Waals surface area contributed by atoms with Gasteiger partial charge in [-0.25, -0.2) is 9.59 Å². The fraction of sp³-hybridized carbons (Fsp3) is 0.182. The quantitative estimate of drug-likeness (QED) is 0.425. The second-order valence-electron chi connectivity index (χ2n) is 5.93. The molecule has 4 nitrogen and oxygen atoms in total. The molecule has 134 valence electrons. The van der Waals surface area contributed by atoms with Crippen molar-refractivity contribution in [1.82, 2.24) is 0 Å². The van der Waals surface area contributed by atoms with Crippen LogP contribution in [0.4, 0.5) is 0 Å². The lowest BCUT2D eigenvalue weighted by atomic mass is 10.0. The zero-order valence-electron chi connectivity index (χ0n) is 15.0. The SMILES string of the molecule is C=C(C)C(=O)OCC(C)OC(=O)/C(=C\c1ccccc1)c1ccccc1. The first-order valence-electron chi connectivity index (χ1n) is 8.33. The molecule has 2 aromatic rings. The molecule has 0 saturated heterocycles. The monoisotopic (exact) mass is 350 g/mol. The van der Waals surface area contributed by atoms with Gasteiger partial charge in [0.25, 0.3) is 0 Å². The van der Waals surface area contributed by atoms with E-state index in [2.05, 4.69) is 6.58 Å². The molecule has 0 bridgehead atoms. The van der Waals surface area contributed by atoms with Crippen LogP contribution < -0.4 is 0 Å². The smallest absolute Gasteiger partial charge is 0.339 e. The summed E-state index contributed by atoms with van der Waals surface area (Å²) in [6.07, 6.45) is 1.21. The van der Waals surface area contributed by atoms with Gasteiger partial charge in [0, 0.05) is 5.57 Å². The highest BCUT2D eigenvalue weighted by atomic mass is 16.6. The first-order chi connectivity index (χ1) is 12.5. The fourth-order valence-electron chi connectivity index (χ4n) is 2.19. The van der Waals surface area contributed by atoms with Crippen molar-refractivity contribution in [2.75, 3.05) is 6.61 Å². The van der Waals surface area contributed by atoms with Crippen LogP contribution in [0, 0.1) is 0 Å². The van der Waals surface area contributed by atoms with E-state index in [4.69, 9.17) is 9.47 Å². The van der Waals surface area contributed by atoms with E-state index < -0.39 is 18.0 Å². The number of rotatable bonds is 7. The molecule has 1 atom stereocenters. The maximum Gasteiger partial charge on any atom is 0.339 e. The molecular weight excluding hydrogens is 328 g/mol. The molecule has 1 unspecified atom stereocenters. The maximum absolute atomic E-state index is 12.7. The van der Waals surface area contributed by atoms with E-state index in [1.807, 2.05) is 60.7 Å². The Morgan fingerprint density at radius 3 is 2.15 bits per heavy atom. The van der Waals surface area contributed by atoms with Crippen LogP contribution in [-0.2, 0) is 19.1 Å². The second-order valence-corrected chi connectivity index (χ2v) is 5.93. The molecule has 0 fully saturated rings. The van der Waals surface area contributed by atoms with Crippen molar-refractivity contribution in [2.45, 2.75) is 20.0 Å². The average molecular weight is 350 g/mol. The van der Waals surface area contributed by atoms with Crippen LogP contribution in [0.15, 0.2) is 72.8 Å². The topological polar surface area (TPSA) is 52.6 Å². The summed E-state index contributed by atoms with van der Waals surface area (Å²) in [4.78, 5) is 24.1. The van der Waals surface area contributed by atoms with Crippen LogP contribution in [0.5, 0.6) is 0 Å². The molecule has 0 amide bonds. The van der Waals surface area contributed by atoms with Gasteiger partial charge in [-0.3, -0.25) is 0 Å². The lowest BCUT2D eigenvalue weighted by Crippen LogP contribution is -2.23. The zero-order chi connectivity index (χ0) is 18.9. The normalized spacial score (nSPS) is 12.2. The van der Waals surface area contributed by atoms with Crippen molar-refractivity contribution in [3.63, 3.8) is 0 Å². The van der Waals surface area contributed by atoms with Gasteiger partial charge < -0.3 is 9.47 Å². The van der Waals surface area contributed by atoms with Gasteiger partial charge in [-0.05, 0) is 31.1 Å². The van der Waals surface area contributed by atoms with Crippen molar-refractivity contribution in [2.24, 2.45) is 0 Å². The van der Waals surface area contributed by atoms with Crippen molar-refractivity contribution in [3.05, 3.63) is 83.9 Å². The van der Waals surface area contributed by atoms with Crippen LogP contribution in [0.25, 0.3) is 11.6 Å². The van der Waals surface area contributed by atoms with Crippen LogP contribution in [0.3, 0.4) is 0 Å². The summed E-state index contributed by atoms with van der Waals surface area (Å²) in [6, 6.07) is 18.8. The van der Waals surface area contributed by atoms with Crippen LogP contribution >= 0.6 is 0 Å². The minimum absolute atomic E-state index is 0.0230. The first-order valence-corrected chi connectivity index (χ1v) is 8.33. The number of carbonyl (C=O) groups excluding carboxylic acids is 2. The minimum atomic E-state index is -0.575. The lowest BCUT2D eigenvalue weighted by Gasteiger charge is -2.15. The minimum Gasteiger partial charge on any atom is -0.458 e. The highest BCUT2D eigenvalue weighted by Crippen LogP contribution is 2.20. The van der Waals surface area contributed by atoms with Crippen molar-refractivity contribution in [1.29, 1.82) is 0 Å². The summed E-state index contributed by atoms with van der Waals surface area (Å²) in [5.74, 6) is -0.977. The summed E-state index contributed by atoms with van der Waals surface area (Å²) in [5.41, 5.74) is 2.39. The summed E-state index contributed by atoms with van der Waals surface area (Å²) in [7, 11) is 0. The molecule has 2 rings (SSSR count). The van der Waals surface area contributed by atoms with Crippen LogP contribution in [0.1, 0.15) is 25.0 Å². The predicted molar refractivity (Wildman–Crippen MR) is 102 cm³/mol. The summed E-state index contributed by atoms with van der Waals surface area (Å²) in [5, 5.41) is 0.